The van der Waals surface area contributed by atoms with Crippen LogP contribution in [0.5, 0.6) is 0 Å². The Bertz CT molecular complexity index is 1150. The van der Waals surface area contributed by atoms with E-state index in [9.17, 15) is 4.79 Å². The summed E-state index contributed by atoms with van der Waals surface area (Å²) in [6.07, 6.45) is 1.53. The van der Waals surface area contributed by atoms with Crippen LogP contribution in [-0.2, 0) is 0 Å². The van der Waals surface area contributed by atoms with Gasteiger partial charge in [-0.15, -0.1) is 0 Å². The van der Waals surface area contributed by atoms with Crippen LogP contribution in [0.4, 0.5) is 23.0 Å². The van der Waals surface area contributed by atoms with Crippen molar-refractivity contribution >= 4 is 28.9 Å². The molecule has 1 amide bonds. The zero-order chi connectivity index (χ0) is 21.1. The Balaban J connectivity index is 1.42. The average Bonchev–Trinajstić information content (AvgIpc) is 3.41. The molecule has 9 nitrogen and oxygen atoms in total. The number of aryl methyl sites for hydroxylation is 1. The summed E-state index contributed by atoms with van der Waals surface area (Å²) < 4.78 is 10.4. The minimum absolute atomic E-state index is 0.163. The molecule has 0 saturated heterocycles. The number of hydrogen-bond donors (Lipinski definition) is 2. The highest BCUT2D eigenvalue weighted by Crippen LogP contribution is 2.23. The normalized spacial score (nSPS) is 10.6. The lowest BCUT2D eigenvalue weighted by Crippen LogP contribution is -2.12. The van der Waals surface area contributed by atoms with Crippen LogP contribution in [0.25, 0.3) is 11.5 Å². The maximum absolute atomic E-state index is 12.4. The van der Waals surface area contributed by atoms with Gasteiger partial charge in [-0.1, -0.05) is 5.16 Å². The molecule has 9 heteroatoms. The van der Waals surface area contributed by atoms with Crippen molar-refractivity contribution in [2.45, 2.75) is 6.92 Å². The molecule has 3 heterocycles. The van der Waals surface area contributed by atoms with Crippen molar-refractivity contribution in [3.63, 3.8) is 0 Å². The summed E-state index contributed by atoms with van der Waals surface area (Å²) in [6.45, 7) is 1.85. The van der Waals surface area contributed by atoms with Crippen molar-refractivity contribution in [1.82, 2.24) is 15.1 Å². The van der Waals surface area contributed by atoms with Crippen molar-refractivity contribution in [2.24, 2.45) is 0 Å². The van der Waals surface area contributed by atoms with Crippen LogP contribution in [0.1, 0.15) is 16.3 Å². The summed E-state index contributed by atoms with van der Waals surface area (Å²) in [5, 5.41) is 9.83. The Kier molecular flexibility index (Phi) is 5.17. The van der Waals surface area contributed by atoms with E-state index in [0.717, 1.165) is 11.5 Å². The van der Waals surface area contributed by atoms with E-state index in [0.29, 0.717) is 28.9 Å². The second-order valence-corrected chi connectivity index (χ2v) is 6.76. The number of furan rings is 1. The van der Waals surface area contributed by atoms with Crippen molar-refractivity contribution in [3.05, 3.63) is 66.3 Å². The Morgan fingerprint density at radius 3 is 2.47 bits per heavy atom. The second kappa shape index (κ2) is 8.08. The monoisotopic (exact) mass is 404 g/mol. The number of rotatable bonds is 6. The topological polar surface area (TPSA) is 109 Å². The number of nitrogens with zero attached hydrogens (tertiary/aromatic N) is 4. The van der Waals surface area contributed by atoms with E-state index in [2.05, 4.69) is 25.8 Å². The van der Waals surface area contributed by atoms with Crippen molar-refractivity contribution in [2.75, 3.05) is 29.6 Å². The zero-order valence-electron chi connectivity index (χ0n) is 16.7. The first-order chi connectivity index (χ1) is 14.5. The Morgan fingerprint density at radius 1 is 1.00 bits per heavy atom. The van der Waals surface area contributed by atoms with Gasteiger partial charge in [0, 0.05) is 37.6 Å². The average molecular weight is 404 g/mol. The number of hydrogen-bond acceptors (Lipinski definition) is 8. The molecule has 3 aromatic heterocycles. The highest BCUT2D eigenvalue weighted by Gasteiger charge is 2.15. The molecule has 0 fully saturated rings. The van der Waals surface area contributed by atoms with Gasteiger partial charge in [0.2, 0.25) is 5.76 Å². The highest BCUT2D eigenvalue weighted by atomic mass is 16.5. The molecule has 30 heavy (non-hydrogen) atoms. The number of anilines is 4. The predicted molar refractivity (Wildman–Crippen MR) is 113 cm³/mol. The van der Waals surface area contributed by atoms with Gasteiger partial charge in [0.05, 0.1) is 6.26 Å². The predicted octanol–water partition coefficient (Wildman–Crippen LogP) is 4.09. The van der Waals surface area contributed by atoms with E-state index in [1.54, 1.807) is 24.3 Å². The third-order valence-corrected chi connectivity index (χ3v) is 4.20. The fourth-order valence-corrected chi connectivity index (χ4v) is 2.74. The van der Waals surface area contributed by atoms with E-state index >= 15 is 0 Å². The van der Waals surface area contributed by atoms with Crippen LogP contribution < -0.4 is 15.5 Å². The lowest BCUT2D eigenvalue weighted by atomic mass is 10.2. The van der Waals surface area contributed by atoms with Gasteiger partial charge < -0.3 is 24.5 Å². The smallest absolute Gasteiger partial charge is 0.277 e. The van der Waals surface area contributed by atoms with Gasteiger partial charge in [-0.05, 0) is 43.3 Å². The van der Waals surface area contributed by atoms with Gasteiger partial charge in [0.1, 0.15) is 17.5 Å². The third kappa shape index (κ3) is 4.30. The first-order valence-corrected chi connectivity index (χ1v) is 9.20. The molecule has 1 aromatic carbocycles. The lowest BCUT2D eigenvalue weighted by molar-refractivity contribution is 0.101. The molecule has 2 N–H and O–H groups in total. The minimum atomic E-state index is -0.376. The highest BCUT2D eigenvalue weighted by molar-refractivity contribution is 6.03. The Hall–Kier alpha value is -4.14. The molecule has 0 spiro atoms. The summed E-state index contributed by atoms with van der Waals surface area (Å²) >= 11 is 0. The van der Waals surface area contributed by atoms with Crippen LogP contribution >= 0.6 is 0 Å². The zero-order valence-corrected chi connectivity index (χ0v) is 16.7. The quantitative estimate of drug-likeness (QED) is 0.494. The Morgan fingerprint density at radius 2 is 1.77 bits per heavy atom. The van der Waals surface area contributed by atoms with Crippen LogP contribution in [-0.4, -0.2) is 35.1 Å². The first-order valence-electron chi connectivity index (χ1n) is 9.20. The first kappa shape index (κ1) is 19.2. The van der Waals surface area contributed by atoms with E-state index in [1.807, 2.05) is 44.1 Å². The number of carbonyl (C=O) groups is 1. The van der Waals surface area contributed by atoms with Crippen LogP contribution in [0.3, 0.4) is 0 Å². The number of aromatic nitrogens is 3. The van der Waals surface area contributed by atoms with Crippen molar-refractivity contribution in [1.29, 1.82) is 0 Å². The molecular formula is C21H20N6O3. The van der Waals surface area contributed by atoms with Gasteiger partial charge in [0.15, 0.2) is 11.5 Å². The summed E-state index contributed by atoms with van der Waals surface area (Å²) in [5.41, 5.74) is 1.62. The fourth-order valence-electron chi connectivity index (χ4n) is 2.74. The molecule has 0 radical (unpaired) electrons. The van der Waals surface area contributed by atoms with Gasteiger partial charge in [0.25, 0.3) is 5.91 Å². The second-order valence-electron chi connectivity index (χ2n) is 6.76. The molecule has 0 aliphatic rings. The molecule has 0 unspecified atom stereocenters. The summed E-state index contributed by atoms with van der Waals surface area (Å²) in [7, 11) is 3.85. The maximum atomic E-state index is 12.4. The third-order valence-electron chi connectivity index (χ3n) is 4.20. The van der Waals surface area contributed by atoms with Crippen molar-refractivity contribution in [3.8, 4) is 11.5 Å². The van der Waals surface area contributed by atoms with Crippen molar-refractivity contribution < 1.29 is 13.7 Å². The number of benzene rings is 1. The number of carbonyl (C=O) groups excluding carboxylic acids is 1. The van der Waals surface area contributed by atoms with E-state index in [-0.39, 0.29) is 11.6 Å². The number of amides is 1. The van der Waals surface area contributed by atoms with E-state index in [4.69, 9.17) is 8.94 Å². The molecule has 0 aliphatic carbocycles. The summed E-state index contributed by atoms with van der Waals surface area (Å²) in [5.74, 6) is 2.70. The molecule has 0 saturated carbocycles. The number of nitrogens with one attached hydrogen (secondary N) is 2. The molecule has 152 valence electrons. The van der Waals surface area contributed by atoms with Crippen LogP contribution in [0, 0.1) is 6.92 Å². The van der Waals surface area contributed by atoms with Gasteiger partial charge >= 0.3 is 0 Å². The van der Waals surface area contributed by atoms with E-state index < -0.39 is 0 Å². The van der Waals surface area contributed by atoms with Gasteiger partial charge in [-0.25, -0.2) is 9.97 Å². The Labute approximate surface area is 172 Å². The summed E-state index contributed by atoms with van der Waals surface area (Å²) in [6, 6.07) is 14.1. The molecule has 4 rings (SSSR count). The summed E-state index contributed by atoms with van der Waals surface area (Å²) in [4.78, 5) is 23.1. The van der Waals surface area contributed by atoms with Gasteiger partial charge in [-0.3, -0.25) is 4.79 Å². The molecule has 0 bridgehead atoms. The minimum Gasteiger partial charge on any atom is -0.461 e. The van der Waals surface area contributed by atoms with Crippen LogP contribution in [0.2, 0.25) is 0 Å². The standard InChI is InChI=1S/C21H20N6O3/c1-13-22-19(12-20(23-13)27(2)3)24-14-6-8-15(9-7-14)25-21(28)16-11-18(30-26-16)17-5-4-10-29-17/h4-12H,1-3H3,(H,25,28)(H,22,23,24). The largest absolute Gasteiger partial charge is 0.461 e. The molecule has 4 aromatic rings. The maximum Gasteiger partial charge on any atom is 0.277 e. The lowest BCUT2D eigenvalue weighted by Gasteiger charge is -2.14. The molecule has 0 aliphatic heterocycles. The molecule has 0 atom stereocenters. The van der Waals surface area contributed by atoms with E-state index in [1.165, 1.54) is 12.3 Å². The van der Waals surface area contributed by atoms with Gasteiger partial charge in [-0.2, -0.15) is 0 Å². The fraction of sp³-hybridized carbons (Fsp3) is 0.143. The van der Waals surface area contributed by atoms with Crippen LogP contribution in [0.15, 0.2) is 63.7 Å². The SMILES string of the molecule is Cc1nc(Nc2ccc(NC(=O)c3cc(-c4ccco4)on3)cc2)cc(N(C)C)n1. The molecular weight excluding hydrogens is 384 g/mol.